The Bertz CT molecular complexity index is 604. The Balaban J connectivity index is 2.73. The number of carbonyl (C=O) groups is 1. The van der Waals surface area contributed by atoms with Crippen LogP contribution in [0, 0.1) is 20.8 Å². The van der Waals surface area contributed by atoms with Gasteiger partial charge >= 0.3 is 0 Å². The van der Waals surface area contributed by atoms with E-state index in [2.05, 4.69) is 4.98 Å². The van der Waals surface area contributed by atoms with E-state index >= 15 is 0 Å². The molecule has 0 spiro atoms. The van der Waals surface area contributed by atoms with Crippen molar-refractivity contribution in [1.82, 2.24) is 4.98 Å². The van der Waals surface area contributed by atoms with Gasteiger partial charge in [0.25, 0.3) is 5.91 Å². The smallest absolute Gasteiger partial charge is 0.267 e. The molecule has 0 aliphatic carbocycles. The monoisotopic (exact) mass is 240 g/mol. The minimum atomic E-state index is -0.479. The number of pyridine rings is 1. The molecule has 3 heteroatoms. The van der Waals surface area contributed by atoms with Crippen molar-refractivity contribution in [2.75, 3.05) is 0 Å². The van der Waals surface area contributed by atoms with E-state index in [0.717, 1.165) is 27.9 Å². The molecular formula is C15H16N2O. The Hall–Kier alpha value is -2.16. The van der Waals surface area contributed by atoms with Crippen LogP contribution in [-0.2, 0) is 0 Å². The third kappa shape index (κ3) is 1.99. The molecule has 0 aliphatic rings. The predicted octanol–water partition coefficient (Wildman–Crippen LogP) is 2.77. The quantitative estimate of drug-likeness (QED) is 0.877. The van der Waals surface area contributed by atoms with Crippen LogP contribution in [0.4, 0.5) is 0 Å². The van der Waals surface area contributed by atoms with Gasteiger partial charge in [0.15, 0.2) is 0 Å². The molecule has 1 aromatic carbocycles. The van der Waals surface area contributed by atoms with Crippen molar-refractivity contribution in [2.45, 2.75) is 20.8 Å². The fourth-order valence-corrected chi connectivity index (χ4v) is 2.03. The van der Waals surface area contributed by atoms with E-state index in [4.69, 9.17) is 5.73 Å². The predicted molar refractivity (Wildman–Crippen MR) is 72.4 cm³/mol. The van der Waals surface area contributed by atoms with Gasteiger partial charge in [0.1, 0.15) is 5.69 Å². The zero-order chi connectivity index (χ0) is 13.3. The third-order valence-electron chi connectivity index (χ3n) is 3.34. The van der Waals surface area contributed by atoms with Gasteiger partial charge in [-0.2, -0.15) is 0 Å². The first-order valence-electron chi connectivity index (χ1n) is 5.85. The SMILES string of the molecule is Cc1c(C(N)=O)nc(-c2ccccc2)c(C)c1C. The molecule has 0 saturated carbocycles. The number of carbonyl (C=O) groups excluding carboxylic acids is 1. The van der Waals surface area contributed by atoms with Crippen molar-refractivity contribution in [3.05, 3.63) is 52.7 Å². The van der Waals surface area contributed by atoms with Crippen LogP contribution in [0.5, 0.6) is 0 Å². The van der Waals surface area contributed by atoms with E-state index < -0.39 is 5.91 Å². The molecule has 0 fully saturated rings. The van der Waals surface area contributed by atoms with Crippen LogP contribution in [0.15, 0.2) is 30.3 Å². The molecule has 0 radical (unpaired) electrons. The summed E-state index contributed by atoms with van der Waals surface area (Å²) >= 11 is 0. The lowest BCUT2D eigenvalue weighted by Gasteiger charge is -2.13. The standard InChI is InChI=1S/C15H16N2O/c1-9-10(2)13(12-7-5-4-6-8-12)17-14(11(9)3)15(16)18/h4-8H,1-3H3,(H2,16,18). The Morgan fingerprint density at radius 3 is 2.17 bits per heavy atom. The maximum Gasteiger partial charge on any atom is 0.267 e. The normalized spacial score (nSPS) is 10.4. The van der Waals surface area contributed by atoms with Crippen molar-refractivity contribution in [2.24, 2.45) is 5.73 Å². The molecule has 3 nitrogen and oxygen atoms in total. The number of hydrogen-bond donors (Lipinski definition) is 1. The highest BCUT2D eigenvalue weighted by Gasteiger charge is 2.15. The molecule has 2 rings (SSSR count). The summed E-state index contributed by atoms with van der Waals surface area (Å²) in [6.07, 6.45) is 0. The summed E-state index contributed by atoms with van der Waals surface area (Å²) in [5.41, 5.74) is 10.6. The molecule has 2 N–H and O–H groups in total. The van der Waals surface area contributed by atoms with Crippen LogP contribution in [0.25, 0.3) is 11.3 Å². The fourth-order valence-electron chi connectivity index (χ4n) is 2.03. The number of benzene rings is 1. The van der Waals surface area contributed by atoms with E-state index in [0.29, 0.717) is 5.69 Å². The number of primary amides is 1. The molecule has 1 amide bonds. The first-order valence-corrected chi connectivity index (χ1v) is 5.85. The van der Waals surface area contributed by atoms with Crippen LogP contribution in [0.2, 0.25) is 0 Å². The molecule has 1 heterocycles. The molecule has 0 atom stereocenters. The van der Waals surface area contributed by atoms with Gasteiger partial charge in [-0.25, -0.2) is 4.98 Å². The Labute approximate surface area is 107 Å². The van der Waals surface area contributed by atoms with Crippen LogP contribution in [-0.4, -0.2) is 10.9 Å². The van der Waals surface area contributed by atoms with Crippen molar-refractivity contribution < 1.29 is 4.79 Å². The average molecular weight is 240 g/mol. The molecule has 0 aliphatic heterocycles. The topological polar surface area (TPSA) is 56.0 Å². The lowest BCUT2D eigenvalue weighted by molar-refractivity contribution is 0.0995. The van der Waals surface area contributed by atoms with Gasteiger partial charge in [-0.05, 0) is 37.5 Å². The summed E-state index contributed by atoms with van der Waals surface area (Å²) in [6, 6.07) is 9.82. The van der Waals surface area contributed by atoms with Gasteiger partial charge in [0.05, 0.1) is 5.69 Å². The highest BCUT2D eigenvalue weighted by atomic mass is 16.1. The summed E-state index contributed by atoms with van der Waals surface area (Å²) in [4.78, 5) is 15.9. The third-order valence-corrected chi connectivity index (χ3v) is 3.34. The van der Waals surface area contributed by atoms with Gasteiger partial charge in [0, 0.05) is 5.56 Å². The number of nitrogens with two attached hydrogens (primary N) is 1. The fraction of sp³-hybridized carbons (Fsp3) is 0.200. The van der Waals surface area contributed by atoms with E-state index in [1.165, 1.54) is 0 Å². The number of nitrogens with zero attached hydrogens (tertiary/aromatic N) is 1. The second kappa shape index (κ2) is 4.61. The number of hydrogen-bond acceptors (Lipinski definition) is 2. The zero-order valence-electron chi connectivity index (χ0n) is 10.8. The van der Waals surface area contributed by atoms with E-state index in [-0.39, 0.29) is 0 Å². The van der Waals surface area contributed by atoms with Gasteiger partial charge in [-0.15, -0.1) is 0 Å². The van der Waals surface area contributed by atoms with Gasteiger partial charge in [-0.1, -0.05) is 30.3 Å². The highest BCUT2D eigenvalue weighted by Crippen LogP contribution is 2.26. The zero-order valence-corrected chi connectivity index (χ0v) is 10.8. The summed E-state index contributed by atoms with van der Waals surface area (Å²) in [5.74, 6) is -0.479. The van der Waals surface area contributed by atoms with Crippen molar-refractivity contribution in [3.63, 3.8) is 0 Å². The van der Waals surface area contributed by atoms with Crippen molar-refractivity contribution >= 4 is 5.91 Å². The molecule has 0 bridgehead atoms. The molecule has 0 saturated heterocycles. The summed E-state index contributed by atoms with van der Waals surface area (Å²) in [6.45, 7) is 5.89. The van der Waals surface area contributed by atoms with Gasteiger partial charge in [-0.3, -0.25) is 4.79 Å². The van der Waals surface area contributed by atoms with E-state index in [9.17, 15) is 4.79 Å². The summed E-state index contributed by atoms with van der Waals surface area (Å²) < 4.78 is 0. The molecule has 92 valence electrons. The Morgan fingerprint density at radius 2 is 1.61 bits per heavy atom. The highest BCUT2D eigenvalue weighted by molar-refractivity contribution is 5.93. The van der Waals surface area contributed by atoms with Crippen LogP contribution in [0.1, 0.15) is 27.2 Å². The van der Waals surface area contributed by atoms with Gasteiger partial charge < -0.3 is 5.73 Å². The second-order valence-corrected chi connectivity index (χ2v) is 4.41. The number of rotatable bonds is 2. The lowest BCUT2D eigenvalue weighted by atomic mass is 9.97. The van der Waals surface area contributed by atoms with Crippen LogP contribution >= 0.6 is 0 Å². The average Bonchev–Trinajstić information content (AvgIpc) is 2.37. The largest absolute Gasteiger partial charge is 0.364 e. The van der Waals surface area contributed by atoms with E-state index in [1.807, 2.05) is 51.1 Å². The molecular weight excluding hydrogens is 224 g/mol. The maximum absolute atomic E-state index is 11.4. The summed E-state index contributed by atoms with van der Waals surface area (Å²) in [5, 5.41) is 0. The van der Waals surface area contributed by atoms with Crippen LogP contribution in [0.3, 0.4) is 0 Å². The second-order valence-electron chi connectivity index (χ2n) is 4.41. The maximum atomic E-state index is 11.4. The number of amides is 1. The lowest BCUT2D eigenvalue weighted by Crippen LogP contribution is -2.17. The minimum absolute atomic E-state index is 0.358. The first-order chi connectivity index (χ1) is 8.52. The van der Waals surface area contributed by atoms with Crippen LogP contribution < -0.4 is 5.73 Å². The summed E-state index contributed by atoms with van der Waals surface area (Å²) in [7, 11) is 0. The van der Waals surface area contributed by atoms with Crippen molar-refractivity contribution in [1.29, 1.82) is 0 Å². The molecule has 18 heavy (non-hydrogen) atoms. The molecule has 2 aromatic rings. The van der Waals surface area contributed by atoms with Crippen molar-refractivity contribution in [3.8, 4) is 11.3 Å². The molecule has 0 unspecified atom stereocenters. The number of aromatic nitrogens is 1. The Morgan fingerprint density at radius 1 is 1.00 bits per heavy atom. The van der Waals surface area contributed by atoms with E-state index in [1.54, 1.807) is 0 Å². The Kier molecular flexibility index (Phi) is 3.15. The first kappa shape index (κ1) is 12.3. The minimum Gasteiger partial charge on any atom is -0.364 e. The van der Waals surface area contributed by atoms with Gasteiger partial charge in [0.2, 0.25) is 0 Å². The molecule has 1 aromatic heterocycles.